The Morgan fingerprint density at radius 1 is 0.968 bits per heavy atom. The molecule has 1 aliphatic rings. The highest BCUT2D eigenvalue weighted by atomic mass is 16.5. The van der Waals surface area contributed by atoms with Gasteiger partial charge < -0.3 is 24.6 Å². The lowest BCUT2D eigenvalue weighted by molar-refractivity contribution is -0.139. The average Bonchev–Trinajstić information content (AvgIpc) is 3.04. The molecule has 0 spiro atoms. The standard InChI is InChI=1S/C23H29N3O5/c1-5-25(6-2)16-14-24-21(27)17-10-12-18(13-11-17)26-15-8-7-9-19(22(28)30-3)20(26)23(29)31-4/h7-13,15H,5-6,14,16H2,1-4H3,(H,24,27). The molecule has 0 unspecified atom stereocenters. The fourth-order valence-electron chi connectivity index (χ4n) is 3.11. The van der Waals surface area contributed by atoms with Gasteiger partial charge in [0.1, 0.15) is 5.70 Å². The Morgan fingerprint density at radius 3 is 2.19 bits per heavy atom. The van der Waals surface area contributed by atoms with Crippen LogP contribution in [0.4, 0.5) is 5.69 Å². The second-order valence-corrected chi connectivity index (χ2v) is 6.65. The molecule has 0 atom stereocenters. The van der Waals surface area contributed by atoms with Crippen LogP contribution in [0.5, 0.6) is 0 Å². The zero-order valence-corrected chi connectivity index (χ0v) is 18.4. The Labute approximate surface area is 182 Å². The molecular formula is C23H29N3O5. The van der Waals surface area contributed by atoms with E-state index in [1.165, 1.54) is 25.2 Å². The first kappa shape index (κ1) is 23.9. The number of anilines is 1. The van der Waals surface area contributed by atoms with Crippen molar-refractivity contribution in [2.45, 2.75) is 13.8 Å². The molecule has 0 saturated carbocycles. The molecule has 1 aromatic rings. The van der Waals surface area contributed by atoms with Gasteiger partial charge in [-0.25, -0.2) is 9.59 Å². The summed E-state index contributed by atoms with van der Waals surface area (Å²) in [5.74, 6) is -1.52. The maximum Gasteiger partial charge on any atom is 0.355 e. The Hall–Kier alpha value is -3.39. The van der Waals surface area contributed by atoms with Crippen molar-refractivity contribution < 1.29 is 23.9 Å². The number of carbonyl (C=O) groups excluding carboxylic acids is 3. The van der Waals surface area contributed by atoms with E-state index in [1.807, 2.05) is 0 Å². The van der Waals surface area contributed by atoms with Crippen LogP contribution in [0.1, 0.15) is 24.2 Å². The number of allylic oxidation sites excluding steroid dienone is 2. The topological polar surface area (TPSA) is 88.2 Å². The van der Waals surface area contributed by atoms with Gasteiger partial charge >= 0.3 is 11.9 Å². The summed E-state index contributed by atoms with van der Waals surface area (Å²) in [6, 6.07) is 6.74. The molecule has 0 aliphatic carbocycles. The number of amides is 1. The van der Waals surface area contributed by atoms with E-state index in [1.54, 1.807) is 42.6 Å². The number of benzene rings is 1. The number of hydrogen-bond donors (Lipinski definition) is 1. The van der Waals surface area contributed by atoms with Gasteiger partial charge in [-0.3, -0.25) is 4.79 Å². The van der Waals surface area contributed by atoms with E-state index in [0.29, 0.717) is 17.8 Å². The highest BCUT2D eigenvalue weighted by Crippen LogP contribution is 2.26. The van der Waals surface area contributed by atoms with Gasteiger partial charge in [0.15, 0.2) is 0 Å². The molecule has 0 saturated heterocycles. The van der Waals surface area contributed by atoms with Crippen LogP contribution in [-0.2, 0) is 19.1 Å². The van der Waals surface area contributed by atoms with E-state index < -0.39 is 11.9 Å². The lowest BCUT2D eigenvalue weighted by atomic mass is 10.1. The van der Waals surface area contributed by atoms with E-state index in [2.05, 4.69) is 24.1 Å². The van der Waals surface area contributed by atoms with Crippen LogP contribution in [0, 0.1) is 0 Å². The molecular weight excluding hydrogens is 398 g/mol. The minimum absolute atomic E-state index is 0.0239. The summed E-state index contributed by atoms with van der Waals surface area (Å²) < 4.78 is 9.69. The van der Waals surface area contributed by atoms with E-state index in [9.17, 15) is 14.4 Å². The van der Waals surface area contributed by atoms with Gasteiger partial charge in [-0.1, -0.05) is 19.9 Å². The summed E-state index contributed by atoms with van der Waals surface area (Å²) in [5, 5.41) is 2.91. The van der Waals surface area contributed by atoms with Crippen LogP contribution in [-0.4, -0.2) is 63.1 Å². The van der Waals surface area contributed by atoms with Crippen molar-refractivity contribution >= 4 is 23.5 Å². The maximum atomic E-state index is 12.5. The van der Waals surface area contributed by atoms with E-state index in [4.69, 9.17) is 9.47 Å². The van der Waals surface area contributed by atoms with Crippen molar-refractivity contribution in [1.29, 1.82) is 0 Å². The molecule has 0 radical (unpaired) electrons. The first-order valence-corrected chi connectivity index (χ1v) is 10.1. The molecule has 8 heteroatoms. The van der Waals surface area contributed by atoms with Crippen molar-refractivity contribution in [2.24, 2.45) is 0 Å². The van der Waals surface area contributed by atoms with Crippen molar-refractivity contribution in [3.05, 3.63) is 65.5 Å². The Morgan fingerprint density at radius 2 is 1.61 bits per heavy atom. The smallest absolute Gasteiger partial charge is 0.355 e. The summed E-state index contributed by atoms with van der Waals surface area (Å²) in [4.78, 5) is 40.9. The second kappa shape index (κ2) is 11.7. The fourth-order valence-corrected chi connectivity index (χ4v) is 3.11. The number of likely N-dealkylation sites (N-methyl/N-ethyl adjacent to an activating group) is 1. The molecule has 31 heavy (non-hydrogen) atoms. The number of ether oxygens (including phenoxy) is 2. The molecule has 1 amide bonds. The minimum Gasteiger partial charge on any atom is -0.465 e. The van der Waals surface area contributed by atoms with Crippen LogP contribution in [0.3, 0.4) is 0 Å². The number of methoxy groups -OCH3 is 2. The predicted octanol–water partition coefficient (Wildman–Crippen LogP) is 2.25. The van der Waals surface area contributed by atoms with Crippen molar-refractivity contribution in [3.8, 4) is 0 Å². The molecule has 8 nitrogen and oxygen atoms in total. The van der Waals surface area contributed by atoms with E-state index >= 15 is 0 Å². The molecule has 1 aliphatic heterocycles. The Kier molecular flexibility index (Phi) is 9.02. The van der Waals surface area contributed by atoms with Crippen LogP contribution in [0.25, 0.3) is 0 Å². The van der Waals surface area contributed by atoms with Crippen molar-refractivity contribution in [1.82, 2.24) is 10.2 Å². The highest BCUT2D eigenvalue weighted by Gasteiger charge is 2.27. The molecule has 0 bridgehead atoms. The zero-order valence-electron chi connectivity index (χ0n) is 18.4. The third-order valence-electron chi connectivity index (χ3n) is 4.90. The number of rotatable bonds is 9. The second-order valence-electron chi connectivity index (χ2n) is 6.65. The van der Waals surface area contributed by atoms with Crippen molar-refractivity contribution in [2.75, 3.05) is 45.3 Å². The van der Waals surface area contributed by atoms with Crippen molar-refractivity contribution in [3.63, 3.8) is 0 Å². The zero-order chi connectivity index (χ0) is 22.8. The van der Waals surface area contributed by atoms with Crippen LogP contribution < -0.4 is 10.2 Å². The SMILES string of the molecule is CCN(CC)CCNC(=O)c1ccc(N2C=CC=CC(C(=O)OC)=C2C(=O)OC)cc1. The van der Waals surface area contributed by atoms with Gasteiger partial charge in [0, 0.05) is 30.5 Å². The number of hydrogen-bond acceptors (Lipinski definition) is 7. The third-order valence-corrected chi connectivity index (χ3v) is 4.90. The summed E-state index contributed by atoms with van der Waals surface area (Å²) >= 11 is 0. The number of nitrogens with zero attached hydrogens (tertiary/aromatic N) is 2. The largest absolute Gasteiger partial charge is 0.465 e. The molecule has 1 N–H and O–H groups in total. The average molecular weight is 428 g/mol. The quantitative estimate of drug-likeness (QED) is 0.605. The van der Waals surface area contributed by atoms with Gasteiger partial charge in [-0.15, -0.1) is 0 Å². The summed E-state index contributed by atoms with van der Waals surface area (Å²) in [5.41, 5.74) is 1.17. The normalized spacial score (nSPS) is 13.3. The summed E-state index contributed by atoms with van der Waals surface area (Å²) in [7, 11) is 2.49. The minimum atomic E-state index is -0.685. The van der Waals surface area contributed by atoms with Gasteiger partial charge in [0.2, 0.25) is 0 Å². The third kappa shape index (κ3) is 6.05. The fraction of sp³-hybridized carbons (Fsp3) is 0.348. The molecule has 0 aromatic heterocycles. The van der Waals surface area contributed by atoms with Gasteiger partial charge in [-0.05, 0) is 49.5 Å². The van der Waals surface area contributed by atoms with Gasteiger partial charge in [0.05, 0.1) is 19.8 Å². The molecule has 1 heterocycles. The number of nitrogens with one attached hydrogen (secondary N) is 1. The number of carbonyl (C=O) groups is 3. The highest BCUT2D eigenvalue weighted by molar-refractivity contribution is 6.05. The Bertz CT molecular complexity index is 883. The van der Waals surface area contributed by atoms with Crippen LogP contribution in [0.15, 0.2) is 60.0 Å². The molecule has 166 valence electrons. The van der Waals surface area contributed by atoms with Crippen LogP contribution >= 0.6 is 0 Å². The van der Waals surface area contributed by atoms with Gasteiger partial charge in [-0.2, -0.15) is 0 Å². The molecule has 2 rings (SSSR count). The lowest BCUT2D eigenvalue weighted by Gasteiger charge is -2.23. The maximum absolute atomic E-state index is 12.5. The first-order chi connectivity index (χ1) is 15.0. The van der Waals surface area contributed by atoms with Gasteiger partial charge in [0.25, 0.3) is 5.91 Å². The number of esters is 2. The van der Waals surface area contributed by atoms with E-state index in [0.717, 1.165) is 19.6 Å². The Balaban J connectivity index is 2.24. The summed E-state index contributed by atoms with van der Waals surface area (Å²) in [6.07, 6.45) is 6.45. The predicted molar refractivity (Wildman–Crippen MR) is 118 cm³/mol. The monoisotopic (exact) mass is 427 g/mol. The van der Waals surface area contributed by atoms with Crippen LogP contribution in [0.2, 0.25) is 0 Å². The molecule has 0 fully saturated rings. The first-order valence-electron chi connectivity index (χ1n) is 10.1. The summed E-state index contributed by atoms with van der Waals surface area (Å²) in [6.45, 7) is 7.37. The van der Waals surface area contributed by atoms with E-state index in [-0.39, 0.29) is 17.2 Å². The molecule has 1 aromatic carbocycles. The lowest BCUT2D eigenvalue weighted by Crippen LogP contribution is -2.34.